The molecule has 0 amide bonds. The van der Waals surface area contributed by atoms with Crippen LogP contribution in [0.3, 0.4) is 0 Å². The van der Waals surface area contributed by atoms with Gasteiger partial charge in [0.05, 0.1) is 0 Å². The molecule has 2 rings (SSSR count). The predicted octanol–water partition coefficient (Wildman–Crippen LogP) is 5.17. The van der Waals surface area contributed by atoms with E-state index in [2.05, 4.69) is 55.8 Å². The second kappa shape index (κ2) is 6.08. The second-order valence-corrected chi connectivity index (χ2v) is 5.45. The van der Waals surface area contributed by atoms with Gasteiger partial charge in [-0.05, 0) is 42.8 Å². The van der Waals surface area contributed by atoms with Crippen molar-refractivity contribution in [3.05, 3.63) is 36.0 Å². The van der Waals surface area contributed by atoms with E-state index < -0.39 is 0 Å². The first-order chi connectivity index (χ1) is 8.74. The molecule has 1 unspecified atom stereocenters. The lowest BCUT2D eigenvalue weighted by atomic mass is 9.99. The molecule has 1 heteroatoms. The van der Waals surface area contributed by atoms with Crippen molar-refractivity contribution < 1.29 is 0 Å². The molecular formula is C17H25N. The first-order valence-electron chi connectivity index (χ1n) is 7.30. The molecule has 98 valence electrons. The molecule has 0 N–H and O–H groups in total. The summed E-state index contributed by atoms with van der Waals surface area (Å²) in [6.07, 6.45) is 7.56. The maximum absolute atomic E-state index is 2.43. The molecule has 1 aromatic heterocycles. The van der Waals surface area contributed by atoms with E-state index in [1.807, 2.05) is 0 Å². The standard InChI is InChI=1S/C17H25N/c1-4-6-7-15(5-2)13-18-11-10-16-12-14(3)8-9-17(16)18/h8-12,15H,4-7,13H2,1-3H3. The molecule has 0 spiro atoms. The van der Waals surface area contributed by atoms with Crippen LogP contribution in [-0.2, 0) is 6.54 Å². The molecule has 0 bridgehead atoms. The molecule has 0 aliphatic carbocycles. The Balaban J connectivity index is 2.15. The SMILES string of the molecule is CCCCC(CC)Cn1ccc2cc(C)ccc21. The minimum Gasteiger partial charge on any atom is -0.347 e. The second-order valence-electron chi connectivity index (χ2n) is 5.45. The molecule has 0 fully saturated rings. The van der Waals surface area contributed by atoms with Crippen molar-refractivity contribution in [2.45, 2.75) is 53.0 Å². The molecule has 0 aliphatic rings. The molecule has 18 heavy (non-hydrogen) atoms. The molecule has 0 saturated heterocycles. The highest BCUT2D eigenvalue weighted by Crippen LogP contribution is 2.21. The Morgan fingerprint density at radius 3 is 2.72 bits per heavy atom. The van der Waals surface area contributed by atoms with Crippen molar-refractivity contribution >= 4 is 10.9 Å². The summed E-state index contributed by atoms with van der Waals surface area (Å²) in [5, 5.41) is 1.38. The van der Waals surface area contributed by atoms with Gasteiger partial charge in [0.2, 0.25) is 0 Å². The Bertz CT molecular complexity index is 495. The number of fused-ring (bicyclic) bond motifs is 1. The molecule has 0 radical (unpaired) electrons. The van der Waals surface area contributed by atoms with Crippen molar-refractivity contribution in [2.24, 2.45) is 5.92 Å². The average Bonchev–Trinajstić information content (AvgIpc) is 2.76. The summed E-state index contributed by atoms with van der Waals surface area (Å²) in [7, 11) is 0. The fourth-order valence-corrected chi connectivity index (χ4v) is 2.67. The fourth-order valence-electron chi connectivity index (χ4n) is 2.67. The Morgan fingerprint density at radius 1 is 1.17 bits per heavy atom. The predicted molar refractivity (Wildman–Crippen MR) is 80.0 cm³/mol. The summed E-state index contributed by atoms with van der Waals surface area (Å²) in [5.74, 6) is 0.821. The normalized spacial score (nSPS) is 13.1. The van der Waals surface area contributed by atoms with Gasteiger partial charge in [0.1, 0.15) is 0 Å². The van der Waals surface area contributed by atoms with Crippen LogP contribution in [0.15, 0.2) is 30.5 Å². The highest BCUT2D eigenvalue weighted by molar-refractivity contribution is 5.80. The zero-order chi connectivity index (χ0) is 13.0. The molecule has 1 heterocycles. The van der Waals surface area contributed by atoms with Crippen LogP contribution in [0.1, 0.15) is 45.1 Å². The molecular weight excluding hydrogens is 218 g/mol. The molecule has 1 nitrogen and oxygen atoms in total. The highest BCUT2D eigenvalue weighted by Gasteiger charge is 2.08. The van der Waals surface area contributed by atoms with Gasteiger partial charge >= 0.3 is 0 Å². The van der Waals surface area contributed by atoms with Crippen LogP contribution in [0.5, 0.6) is 0 Å². The minimum atomic E-state index is 0.821. The summed E-state index contributed by atoms with van der Waals surface area (Å²) >= 11 is 0. The quantitative estimate of drug-likeness (QED) is 0.660. The highest BCUT2D eigenvalue weighted by atomic mass is 15.0. The van der Waals surface area contributed by atoms with E-state index in [4.69, 9.17) is 0 Å². The van der Waals surface area contributed by atoms with E-state index >= 15 is 0 Å². The van der Waals surface area contributed by atoms with Crippen molar-refractivity contribution in [3.8, 4) is 0 Å². The lowest BCUT2D eigenvalue weighted by Crippen LogP contribution is -2.09. The maximum atomic E-state index is 2.43. The number of aromatic nitrogens is 1. The maximum Gasteiger partial charge on any atom is 0.0480 e. The minimum absolute atomic E-state index is 0.821. The van der Waals surface area contributed by atoms with Crippen LogP contribution in [0.2, 0.25) is 0 Å². The van der Waals surface area contributed by atoms with Crippen LogP contribution in [0, 0.1) is 12.8 Å². The van der Waals surface area contributed by atoms with Gasteiger partial charge in [-0.2, -0.15) is 0 Å². The number of hydrogen-bond acceptors (Lipinski definition) is 0. The van der Waals surface area contributed by atoms with Crippen LogP contribution in [-0.4, -0.2) is 4.57 Å². The Morgan fingerprint density at radius 2 is 2.00 bits per heavy atom. The van der Waals surface area contributed by atoms with Gasteiger partial charge in [-0.1, -0.05) is 44.7 Å². The number of nitrogens with zero attached hydrogens (tertiary/aromatic N) is 1. The number of rotatable bonds is 6. The molecule has 2 aromatic rings. The molecule has 1 aromatic carbocycles. The summed E-state index contributed by atoms with van der Waals surface area (Å²) in [6, 6.07) is 9.00. The summed E-state index contributed by atoms with van der Waals surface area (Å²) in [5.41, 5.74) is 2.73. The number of benzene rings is 1. The monoisotopic (exact) mass is 243 g/mol. The van der Waals surface area contributed by atoms with Gasteiger partial charge in [0.25, 0.3) is 0 Å². The van der Waals surface area contributed by atoms with Crippen molar-refractivity contribution in [1.29, 1.82) is 0 Å². The summed E-state index contributed by atoms with van der Waals surface area (Å²) < 4.78 is 2.43. The van der Waals surface area contributed by atoms with Crippen LogP contribution in [0.4, 0.5) is 0 Å². The van der Waals surface area contributed by atoms with Gasteiger partial charge in [0, 0.05) is 18.3 Å². The number of unbranched alkanes of at least 4 members (excludes halogenated alkanes) is 1. The lowest BCUT2D eigenvalue weighted by Gasteiger charge is -2.16. The smallest absolute Gasteiger partial charge is 0.0480 e. The first-order valence-corrected chi connectivity index (χ1v) is 7.30. The topological polar surface area (TPSA) is 4.93 Å². The third-order valence-corrected chi connectivity index (χ3v) is 3.92. The largest absolute Gasteiger partial charge is 0.347 e. The third kappa shape index (κ3) is 2.95. The van der Waals surface area contributed by atoms with Gasteiger partial charge < -0.3 is 4.57 Å². The van der Waals surface area contributed by atoms with Crippen LogP contribution >= 0.6 is 0 Å². The lowest BCUT2D eigenvalue weighted by molar-refractivity contribution is 0.396. The Kier molecular flexibility index (Phi) is 4.46. The Hall–Kier alpha value is -1.24. The van der Waals surface area contributed by atoms with Gasteiger partial charge in [-0.3, -0.25) is 0 Å². The molecule has 1 atom stereocenters. The van der Waals surface area contributed by atoms with E-state index in [1.165, 1.54) is 48.7 Å². The molecule has 0 saturated carbocycles. The number of aryl methyl sites for hydroxylation is 1. The zero-order valence-corrected chi connectivity index (χ0v) is 11.9. The van der Waals surface area contributed by atoms with Crippen LogP contribution < -0.4 is 0 Å². The zero-order valence-electron chi connectivity index (χ0n) is 11.9. The van der Waals surface area contributed by atoms with E-state index in [0.717, 1.165) is 5.92 Å². The molecule has 0 aliphatic heterocycles. The van der Waals surface area contributed by atoms with E-state index in [-0.39, 0.29) is 0 Å². The van der Waals surface area contributed by atoms with E-state index in [0.29, 0.717) is 0 Å². The van der Waals surface area contributed by atoms with Crippen molar-refractivity contribution in [1.82, 2.24) is 4.57 Å². The first kappa shape index (κ1) is 13.2. The van der Waals surface area contributed by atoms with Gasteiger partial charge in [0.15, 0.2) is 0 Å². The summed E-state index contributed by atoms with van der Waals surface area (Å²) in [6.45, 7) is 7.92. The van der Waals surface area contributed by atoms with Crippen LogP contribution in [0.25, 0.3) is 10.9 Å². The van der Waals surface area contributed by atoms with E-state index in [9.17, 15) is 0 Å². The van der Waals surface area contributed by atoms with Gasteiger partial charge in [-0.15, -0.1) is 0 Å². The van der Waals surface area contributed by atoms with E-state index in [1.54, 1.807) is 0 Å². The average molecular weight is 243 g/mol. The Labute approximate surface area is 111 Å². The third-order valence-electron chi connectivity index (χ3n) is 3.92. The van der Waals surface area contributed by atoms with Crippen molar-refractivity contribution in [2.75, 3.05) is 0 Å². The fraction of sp³-hybridized carbons (Fsp3) is 0.529. The van der Waals surface area contributed by atoms with Gasteiger partial charge in [-0.25, -0.2) is 0 Å². The summed E-state index contributed by atoms with van der Waals surface area (Å²) in [4.78, 5) is 0. The number of hydrogen-bond donors (Lipinski definition) is 0. The van der Waals surface area contributed by atoms with Crippen molar-refractivity contribution in [3.63, 3.8) is 0 Å².